The molecular formula is C12H21N2S. The summed E-state index contributed by atoms with van der Waals surface area (Å²) in [5.41, 5.74) is 0. The van der Waals surface area contributed by atoms with Gasteiger partial charge in [-0.1, -0.05) is 19.3 Å². The lowest BCUT2D eigenvalue weighted by Gasteiger charge is -2.32. The molecule has 0 aromatic rings. The van der Waals surface area contributed by atoms with E-state index < -0.39 is 0 Å². The topological polar surface area (TPSA) is 15.3 Å². The maximum absolute atomic E-state index is 5.46. The number of piperidine rings is 1. The van der Waals surface area contributed by atoms with Crippen LogP contribution in [0.3, 0.4) is 0 Å². The smallest absolute Gasteiger partial charge is 0.169 e. The molecule has 3 heteroatoms. The SMILES string of the molecule is S=C(NC1CCCCC1)N1CC[CH]CC1. The molecule has 0 spiro atoms. The summed E-state index contributed by atoms with van der Waals surface area (Å²) in [6.45, 7) is 2.22. The highest BCUT2D eigenvalue weighted by Crippen LogP contribution is 2.18. The average molecular weight is 225 g/mol. The molecule has 1 saturated heterocycles. The Morgan fingerprint density at radius 2 is 1.80 bits per heavy atom. The number of nitrogens with zero attached hydrogens (tertiary/aromatic N) is 1. The first-order valence-electron chi connectivity index (χ1n) is 6.23. The van der Waals surface area contributed by atoms with Crippen LogP contribution in [0.15, 0.2) is 0 Å². The molecule has 1 aliphatic carbocycles. The van der Waals surface area contributed by atoms with Crippen molar-refractivity contribution in [2.24, 2.45) is 0 Å². The summed E-state index contributed by atoms with van der Waals surface area (Å²) in [6.07, 6.45) is 11.5. The van der Waals surface area contributed by atoms with Gasteiger partial charge in [0.05, 0.1) is 0 Å². The number of thiocarbonyl (C=S) groups is 1. The van der Waals surface area contributed by atoms with Crippen molar-refractivity contribution >= 4 is 17.3 Å². The van der Waals surface area contributed by atoms with E-state index in [2.05, 4.69) is 16.6 Å². The quantitative estimate of drug-likeness (QED) is 0.690. The molecule has 1 radical (unpaired) electrons. The van der Waals surface area contributed by atoms with E-state index in [4.69, 9.17) is 12.2 Å². The zero-order valence-electron chi connectivity index (χ0n) is 9.37. The monoisotopic (exact) mass is 225 g/mol. The van der Waals surface area contributed by atoms with E-state index in [1.807, 2.05) is 0 Å². The molecule has 0 amide bonds. The van der Waals surface area contributed by atoms with Crippen LogP contribution in [0.2, 0.25) is 0 Å². The number of hydrogen-bond acceptors (Lipinski definition) is 1. The van der Waals surface area contributed by atoms with E-state index in [-0.39, 0.29) is 0 Å². The summed E-state index contributed by atoms with van der Waals surface area (Å²) in [5, 5.41) is 4.53. The van der Waals surface area contributed by atoms with E-state index in [1.54, 1.807) is 0 Å². The fraction of sp³-hybridized carbons (Fsp3) is 0.833. The number of rotatable bonds is 1. The van der Waals surface area contributed by atoms with Gasteiger partial charge in [0.15, 0.2) is 5.11 Å². The highest BCUT2D eigenvalue weighted by atomic mass is 32.1. The van der Waals surface area contributed by atoms with Crippen LogP contribution in [-0.2, 0) is 0 Å². The molecule has 15 heavy (non-hydrogen) atoms. The Kier molecular flexibility index (Phi) is 4.24. The average Bonchev–Trinajstić information content (AvgIpc) is 2.31. The van der Waals surface area contributed by atoms with E-state index in [0.717, 1.165) is 18.2 Å². The Morgan fingerprint density at radius 1 is 1.13 bits per heavy atom. The second-order valence-electron chi connectivity index (χ2n) is 4.64. The van der Waals surface area contributed by atoms with Crippen molar-refractivity contribution in [2.45, 2.75) is 51.0 Å². The highest BCUT2D eigenvalue weighted by Gasteiger charge is 2.18. The first-order chi connectivity index (χ1) is 7.36. The minimum Gasteiger partial charge on any atom is -0.360 e. The Labute approximate surface area is 98.4 Å². The van der Waals surface area contributed by atoms with Crippen LogP contribution in [0.5, 0.6) is 0 Å². The molecule has 1 heterocycles. The number of likely N-dealkylation sites (tertiary alicyclic amines) is 1. The Hall–Kier alpha value is -0.310. The summed E-state index contributed by atoms with van der Waals surface area (Å²) >= 11 is 5.46. The van der Waals surface area contributed by atoms with Gasteiger partial charge in [0.25, 0.3) is 0 Å². The minimum atomic E-state index is 0.650. The predicted molar refractivity (Wildman–Crippen MR) is 67.7 cm³/mol. The molecule has 0 atom stereocenters. The molecule has 2 fully saturated rings. The number of hydrogen-bond donors (Lipinski definition) is 1. The number of nitrogens with one attached hydrogen (secondary N) is 1. The minimum absolute atomic E-state index is 0.650. The molecule has 2 rings (SSSR count). The lowest BCUT2D eigenvalue weighted by molar-refractivity contribution is 0.353. The van der Waals surface area contributed by atoms with E-state index in [1.165, 1.54) is 44.9 Å². The fourth-order valence-corrected chi connectivity index (χ4v) is 2.82. The molecule has 1 aliphatic heterocycles. The van der Waals surface area contributed by atoms with Crippen molar-refractivity contribution in [3.05, 3.63) is 6.42 Å². The van der Waals surface area contributed by atoms with Crippen molar-refractivity contribution in [3.8, 4) is 0 Å². The molecule has 0 aromatic carbocycles. The van der Waals surface area contributed by atoms with Crippen molar-refractivity contribution in [1.82, 2.24) is 10.2 Å². The maximum atomic E-state index is 5.46. The van der Waals surface area contributed by atoms with Gasteiger partial charge < -0.3 is 10.2 Å². The summed E-state index contributed by atoms with van der Waals surface area (Å²) in [6, 6.07) is 0.650. The van der Waals surface area contributed by atoms with Crippen molar-refractivity contribution in [3.63, 3.8) is 0 Å². The van der Waals surface area contributed by atoms with Gasteiger partial charge in [0, 0.05) is 19.1 Å². The van der Waals surface area contributed by atoms with Crippen molar-refractivity contribution < 1.29 is 0 Å². The van der Waals surface area contributed by atoms with E-state index in [9.17, 15) is 0 Å². The van der Waals surface area contributed by atoms with E-state index >= 15 is 0 Å². The third-order valence-corrected chi connectivity index (χ3v) is 3.80. The lowest BCUT2D eigenvalue weighted by atomic mass is 9.96. The van der Waals surface area contributed by atoms with Crippen LogP contribution in [0.4, 0.5) is 0 Å². The van der Waals surface area contributed by atoms with Gasteiger partial charge in [-0.25, -0.2) is 0 Å². The molecule has 0 bridgehead atoms. The standard InChI is InChI=1S/C12H21N2S/c15-12(14-9-5-2-6-10-14)13-11-7-3-1-4-8-11/h2,11H,1,3-10H2,(H,13,15). The molecule has 0 unspecified atom stereocenters. The van der Waals surface area contributed by atoms with Gasteiger partial charge in [-0.15, -0.1) is 0 Å². The summed E-state index contributed by atoms with van der Waals surface area (Å²) in [7, 11) is 0. The third kappa shape index (κ3) is 3.33. The van der Waals surface area contributed by atoms with E-state index in [0.29, 0.717) is 6.04 Å². The molecular weight excluding hydrogens is 204 g/mol. The third-order valence-electron chi connectivity index (χ3n) is 3.43. The second kappa shape index (κ2) is 5.69. The van der Waals surface area contributed by atoms with Gasteiger partial charge in [0.2, 0.25) is 0 Å². The Morgan fingerprint density at radius 3 is 2.47 bits per heavy atom. The summed E-state index contributed by atoms with van der Waals surface area (Å²) in [4.78, 5) is 2.32. The second-order valence-corrected chi connectivity index (χ2v) is 5.02. The lowest BCUT2D eigenvalue weighted by Crippen LogP contribution is -2.47. The molecule has 1 saturated carbocycles. The van der Waals surface area contributed by atoms with Gasteiger partial charge in [-0.3, -0.25) is 0 Å². The van der Waals surface area contributed by atoms with Crippen LogP contribution < -0.4 is 5.32 Å². The van der Waals surface area contributed by atoms with Gasteiger partial charge in [-0.05, 0) is 44.3 Å². The first-order valence-corrected chi connectivity index (χ1v) is 6.64. The zero-order chi connectivity index (χ0) is 10.5. The van der Waals surface area contributed by atoms with Gasteiger partial charge >= 0.3 is 0 Å². The van der Waals surface area contributed by atoms with Crippen molar-refractivity contribution in [1.29, 1.82) is 0 Å². The molecule has 0 aromatic heterocycles. The van der Waals surface area contributed by atoms with Crippen molar-refractivity contribution in [2.75, 3.05) is 13.1 Å². The molecule has 1 N–H and O–H groups in total. The largest absolute Gasteiger partial charge is 0.360 e. The summed E-state index contributed by atoms with van der Waals surface area (Å²) < 4.78 is 0. The van der Waals surface area contributed by atoms with Gasteiger partial charge in [0.1, 0.15) is 0 Å². The maximum Gasteiger partial charge on any atom is 0.169 e. The van der Waals surface area contributed by atoms with Crippen LogP contribution in [0.25, 0.3) is 0 Å². The fourth-order valence-electron chi connectivity index (χ4n) is 2.47. The van der Waals surface area contributed by atoms with Crippen LogP contribution in [0, 0.1) is 6.42 Å². The Balaban J connectivity index is 1.74. The van der Waals surface area contributed by atoms with Gasteiger partial charge in [-0.2, -0.15) is 0 Å². The molecule has 2 aliphatic rings. The normalized spacial score (nSPS) is 23.9. The molecule has 2 nitrogen and oxygen atoms in total. The zero-order valence-corrected chi connectivity index (χ0v) is 10.2. The van der Waals surface area contributed by atoms with Crippen LogP contribution in [-0.4, -0.2) is 29.1 Å². The molecule has 85 valence electrons. The van der Waals surface area contributed by atoms with Crippen LogP contribution in [0.1, 0.15) is 44.9 Å². The van der Waals surface area contributed by atoms with Crippen LogP contribution >= 0.6 is 12.2 Å². The Bertz CT molecular complexity index is 206. The highest BCUT2D eigenvalue weighted by molar-refractivity contribution is 7.80. The summed E-state index contributed by atoms with van der Waals surface area (Å²) in [5.74, 6) is 0. The first kappa shape index (κ1) is 11.2. The predicted octanol–water partition coefficient (Wildman–Crippen LogP) is 2.49.